The summed E-state index contributed by atoms with van der Waals surface area (Å²) in [6, 6.07) is 5.55. The van der Waals surface area contributed by atoms with E-state index < -0.39 is 25.4 Å². The van der Waals surface area contributed by atoms with Crippen LogP contribution in [-0.4, -0.2) is 86.7 Å². The Hall–Kier alpha value is -4.04. The normalized spacial score (nSPS) is 17.6. The molecule has 0 radical (unpaired) electrons. The summed E-state index contributed by atoms with van der Waals surface area (Å²) in [6.07, 6.45) is 2.98. The number of benzene rings is 1. The van der Waals surface area contributed by atoms with Crippen molar-refractivity contribution in [3.63, 3.8) is 0 Å². The summed E-state index contributed by atoms with van der Waals surface area (Å²) in [7, 11) is -1.30. The minimum atomic E-state index is -1.30. The van der Waals surface area contributed by atoms with Crippen LogP contribution in [0.5, 0.6) is 0 Å². The molecule has 1 aliphatic rings. The Labute approximate surface area is 269 Å². The molecule has 46 heavy (non-hydrogen) atoms. The van der Waals surface area contributed by atoms with E-state index in [9.17, 15) is 14.0 Å². The number of carbonyl (C=O) groups excluding carboxylic acids is 2. The highest BCUT2D eigenvalue weighted by Gasteiger charge is 2.37. The SMILES string of the molecule is Cc1cn2cc(NC(=O)c3ccc(N4C[C@@H](C)N(C(=O)OC(C)(C)C)[C@@H](C)C4)c4c3nnn4COCC[Si](C)(C)C)cc(F)c2n1. The molecule has 3 aromatic heterocycles. The molecular weight excluding hydrogens is 607 g/mol. The van der Waals surface area contributed by atoms with Gasteiger partial charge in [-0.05, 0) is 59.7 Å². The van der Waals surface area contributed by atoms with E-state index in [0.717, 1.165) is 11.7 Å². The first-order chi connectivity index (χ1) is 21.5. The molecule has 0 saturated carbocycles. The lowest BCUT2D eigenvalue weighted by Crippen LogP contribution is -2.59. The van der Waals surface area contributed by atoms with Gasteiger partial charge in [0.15, 0.2) is 11.5 Å². The number of rotatable bonds is 8. The van der Waals surface area contributed by atoms with Crippen LogP contribution in [0.15, 0.2) is 30.6 Å². The molecule has 0 aliphatic carbocycles. The average molecular weight is 653 g/mol. The molecule has 1 aromatic carbocycles. The Morgan fingerprint density at radius 2 is 1.80 bits per heavy atom. The molecule has 5 rings (SSSR count). The van der Waals surface area contributed by atoms with Crippen LogP contribution in [0.1, 0.15) is 50.7 Å². The van der Waals surface area contributed by atoms with Gasteiger partial charge >= 0.3 is 6.09 Å². The highest BCUT2D eigenvalue weighted by molar-refractivity contribution is 6.76. The summed E-state index contributed by atoms with van der Waals surface area (Å²) < 4.78 is 29.7. The zero-order chi connectivity index (χ0) is 33.6. The summed E-state index contributed by atoms with van der Waals surface area (Å²) >= 11 is 0. The number of hydrogen-bond acceptors (Lipinski definition) is 8. The van der Waals surface area contributed by atoms with Gasteiger partial charge in [-0.15, -0.1) is 5.10 Å². The summed E-state index contributed by atoms with van der Waals surface area (Å²) in [4.78, 5) is 34.9. The second-order valence-electron chi connectivity index (χ2n) is 14.4. The molecule has 1 fully saturated rings. The first-order valence-corrected chi connectivity index (χ1v) is 19.4. The fourth-order valence-electron chi connectivity index (χ4n) is 5.77. The maximum atomic E-state index is 14.8. The quantitative estimate of drug-likeness (QED) is 0.184. The average Bonchev–Trinajstić information content (AvgIpc) is 3.52. The van der Waals surface area contributed by atoms with Gasteiger partial charge in [0.05, 0.1) is 34.7 Å². The Balaban J connectivity index is 1.46. The highest BCUT2D eigenvalue weighted by Crippen LogP contribution is 2.32. The van der Waals surface area contributed by atoms with Gasteiger partial charge in [0, 0.05) is 46.2 Å². The standard InChI is InChI=1S/C32H45FN8O4Si/c1-20-15-39-18-23(14-25(33)29(39)34-20)35-30(42)24-10-11-26(28-27(24)36-37-40(28)19-44-12-13-46(7,8)9)38-16-21(2)41(22(3)17-38)31(43)45-32(4,5)6/h10-11,14-15,18,21-22H,12-13,16-17,19H2,1-9H3,(H,35,42)/t21-,22+. The zero-order valence-corrected chi connectivity index (χ0v) is 29.2. The summed E-state index contributed by atoms with van der Waals surface area (Å²) in [5, 5.41) is 11.7. The van der Waals surface area contributed by atoms with E-state index in [0.29, 0.717) is 42.0 Å². The van der Waals surface area contributed by atoms with Gasteiger partial charge in [-0.2, -0.15) is 0 Å². The van der Waals surface area contributed by atoms with Crippen molar-refractivity contribution in [1.82, 2.24) is 29.3 Å². The molecule has 1 aliphatic heterocycles. The van der Waals surface area contributed by atoms with Crippen LogP contribution >= 0.6 is 0 Å². The van der Waals surface area contributed by atoms with Crippen molar-refractivity contribution in [2.24, 2.45) is 0 Å². The molecule has 2 amide bonds. The smallest absolute Gasteiger partial charge is 0.410 e. The number of pyridine rings is 1. The number of aromatic nitrogens is 5. The van der Waals surface area contributed by atoms with E-state index >= 15 is 0 Å². The van der Waals surface area contributed by atoms with Gasteiger partial charge in [0.2, 0.25) is 0 Å². The van der Waals surface area contributed by atoms with E-state index in [1.807, 2.05) is 40.7 Å². The molecule has 2 atom stereocenters. The maximum Gasteiger partial charge on any atom is 0.410 e. The monoisotopic (exact) mass is 652 g/mol. The van der Waals surface area contributed by atoms with E-state index in [4.69, 9.17) is 9.47 Å². The molecule has 4 heterocycles. The van der Waals surface area contributed by atoms with Crippen LogP contribution in [-0.2, 0) is 16.2 Å². The molecule has 1 N–H and O–H groups in total. The lowest BCUT2D eigenvalue weighted by atomic mass is 10.1. The summed E-state index contributed by atoms with van der Waals surface area (Å²) in [6.45, 7) is 20.1. The number of ether oxygens (including phenoxy) is 2. The van der Waals surface area contributed by atoms with E-state index in [1.165, 1.54) is 6.07 Å². The van der Waals surface area contributed by atoms with Gasteiger partial charge in [0.25, 0.3) is 5.91 Å². The van der Waals surface area contributed by atoms with Crippen LogP contribution in [0.2, 0.25) is 25.7 Å². The first-order valence-electron chi connectivity index (χ1n) is 15.7. The predicted octanol–water partition coefficient (Wildman–Crippen LogP) is 5.93. The van der Waals surface area contributed by atoms with Gasteiger partial charge in [-0.3, -0.25) is 9.69 Å². The highest BCUT2D eigenvalue weighted by atomic mass is 28.3. The number of carbonyl (C=O) groups is 2. The molecule has 12 nitrogen and oxygen atoms in total. The number of imidazole rings is 1. The van der Waals surface area contributed by atoms with Crippen molar-refractivity contribution in [2.45, 2.75) is 91.6 Å². The van der Waals surface area contributed by atoms with Crippen LogP contribution in [0, 0.1) is 12.7 Å². The third-order valence-electron chi connectivity index (χ3n) is 7.84. The second-order valence-corrected chi connectivity index (χ2v) is 20.0. The molecule has 0 spiro atoms. The number of anilines is 2. The summed E-state index contributed by atoms with van der Waals surface area (Å²) in [5.74, 6) is -0.989. The molecule has 0 bridgehead atoms. The van der Waals surface area contributed by atoms with Crippen LogP contribution in [0.4, 0.5) is 20.6 Å². The Bertz CT molecular complexity index is 1750. The lowest BCUT2D eigenvalue weighted by Gasteiger charge is -2.45. The number of nitrogens with zero attached hydrogens (tertiary/aromatic N) is 7. The Morgan fingerprint density at radius 3 is 2.46 bits per heavy atom. The number of nitrogens with one attached hydrogen (secondary N) is 1. The van der Waals surface area contributed by atoms with Gasteiger partial charge in [0.1, 0.15) is 23.4 Å². The van der Waals surface area contributed by atoms with Crippen molar-refractivity contribution in [1.29, 1.82) is 0 Å². The van der Waals surface area contributed by atoms with Gasteiger partial charge < -0.3 is 24.1 Å². The fraction of sp³-hybridized carbons (Fsp3) is 0.531. The fourth-order valence-corrected chi connectivity index (χ4v) is 6.52. The van der Waals surface area contributed by atoms with Crippen LogP contribution < -0.4 is 10.2 Å². The molecular formula is C32H45FN8O4Si. The predicted molar refractivity (Wildman–Crippen MR) is 179 cm³/mol. The zero-order valence-electron chi connectivity index (χ0n) is 28.2. The third kappa shape index (κ3) is 7.33. The third-order valence-corrected chi connectivity index (χ3v) is 9.55. The van der Waals surface area contributed by atoms with Crippen LogP contribution in [0.3, 0.4) is 0 Å². The Morgan fingerprint density at radius 1 is 1.11 bits per heavy atom. The second kappa shape index (κ2) is 12.6. The maximum absolute atomic E-state index is 14.8. The number of halogens is 1. The number of fused-ring (bicyclic) bond motifs is 2. The minimum absolute atomic E-state index is 0.148. The molecule has 248 valence electrons. The molecule has 1 saturated heterocycles. The molecule has 4 aromatic rings. The number of aryl methyl sites for hydroxylation is 1. The number of piperazine rings is 1. The van der Waals surface area contributed by atoms with Crippen molar-refractivity contribution in [3.8, 4) is 0 Å². The van der Waals surface area contributed by atoms with E-state index in [1.54, 1.807) is 39.4 Å². The van der Waals surface area contributed by atoms with E-state index in [-0.39, 0.29) is 36.2 Å². The van der Waals surface area contributed by atoms with Crippen molar-refractivity contribution in [3.05, 3.63) is 47.7 Å². The van der Waals surface area contributed by atoms with Crippen molar-refractivity contribution >= 4 is 48.1 Å². The topological polar surface area (TPSA) is 119 Å². The minimum Gasteiger partial charge on any atom is -0.444 e. The van der Waals surface area contributed by atoms with Crippen molar-refractivity contribution < 1.29 is 23.5 Å². The molecule has 0 unspecified atom stereocenters. The largest absolute Gasteiger partial charge is 0.444 e. The first kappa shape index (κ1) is 33.3. The van der Waals surface area contributed by atoms with Gasteiger partial charge in [-0.1, -0.05) is 24.9 Å². The van der Waals surface area contributed by atoms with E-state index in [2.05, 4.69) is 45.2 Å². The lowest BCUT2D eigenvalue weighted by molar-refractivity contribution is 0.00566. The van der Waals surface area contributed by atoms with Crippen LogP contribution in [0.25, 0.3) is 16.7 Å². The molecule has 14 heteroatoms. The summed E-state index contributed by atoms with van der Waals surface area (Å²) in [5.41, 5.74) is 2.72. The number of hydrogen-bond donors (Lipinski definition) is 1. The van der Waals surface area contributed by atoms with Crippen molar-refractivity contribution in [2.75, 3.05) is 29.9 Å². The van der Waals surface area contributed by atoms with Gasteiger partial charge in [-0.25, -0.2) is 18.9 Å². The Kier molecular flexibility index (Phi) is 9.15. The number of amides is 2.